The second kappa shape index (κ2) is 5.66. The Morgan fingerprint density at radius 2 is 2.00 bits per heavy atom. The third-order valence-electron chi connectivity index (χ3n) is 1.96. The van der Waals surface area contributed by atoms with Gasteiger partial charge in [-0.15, -0.1) is 0 Å². The van der Waals surface area contributed by atoms with Gasteiger partial charge in [0.1, 0.15) is 0 Å². The first-order chi connectivity index (χ1) is 6.38. The van der Waals surface area contributed by atoms with E-state index in [-0.39, 0.29) is 0 Å². The molecule has 0 aliphatic carbocycles. The quantitative estimate of drug-likeness (QED) is 0.730. The van der Waals surface area contributed by atoms with Gasteiger partial charge in [0.2, 0.25) is 0 Å². The lowest BCUT2D eigenvalue weighted by Gasteiger charge is -2.04. The van der Waals surface area contributed by atoms with Crippen LogP contribution in [0.4, 0.5) is 0 Å². The number of hydrogen-bond acceptors (Lipinski definition) is 2. The highest BCUT2D eigenvalue weighted by molar-refractivity contribution is 7.98. The van der Waals surface area contributed by atoms with Gasteiger partial charge >= 0.3 is 0 Å². The van der Waals surface area contributed by atoms with E-state index in [4.69, 9.17) is 5.26 Å². The summed E-state index contributed by atoms with van der Waals surface area (Å²) in [5, 5.41) is 8.61. The molecule has 0 heterocycles. The van der Waals surface area contributed by atoms with Gasteiger partial charge in [0.15, 0.2) is 0 Å². The standard InChI is InChI=1S/C11H13NS/c1-13-9-7-11-5-3-2-4-10(11)6-8-12/h2-5H,6-7,9H2,1H3. The Morgan fingerprint density at radius 1 is 1.31 bits per heavy atom. The fourth-order valence-electron chi connectivity index (χ4n) is 1.27. The fourth-order valence-corrected chi connectivity index (χ4v) is 1.70. The SMILES string of the molecule is CSCCc1ccccc1CC#N. The number of nitriles is 1. The van der Waals surface area contributed by atoms with Crippen molar-refractivity contribution in [2.24, 2.45) is 0 Å². The molecule has 1 aromatic carbocycles. The minimum absolute atomic E-state index is 0.532. The lowest BCUT2D eigenvalue weighted by Crippen LogP contribution is -1.94. The van der Waals surface area contributed by atoms with Gasteiger partial charge in [-0.05, 0) is 29.6 Å². The summed E-state index contributed by atoms with van der Waals surface area (Å²) in [7, 11) is 0. The summed E-state index contributed by atoms with van der Waals surface area (Å²) in [6.07, 6.45) is 3.70. The van der Waals surface area contributed by atoms with Crippen LogP contribution in [0.3, 0.4) is 0 Å². The Bertz CT molecular complexity index is 301. The van der Waals surface area contributed by atoms with Crippen molar-refractivity contribution in [3.8, 4) is 6.07 Å². The van der Waals surface area contributed by atoms with Gasteiger partial charge in [-0.2, -0.15) is 17.0 Å². The van der Waals surface area contributed by atoms with Crippen LogP contribution in [0.5, 0.6) is 0 Å². The summed E-state index contributed by atoms with van der Waals surface area (Å²) in [6.45, 7) is 0. The second-order valence-corrected chi connectivity index (χ2v) is 3.83. The maximum absolute atomic E-state index is 8.61. The largest absolute Gasteiger partial charge is 0.198 e. The first-order valence-corrected chi connectivity index (χ1v) is 5.70. The van der Waals surface area contributed by atoms with Gasteiger partial charge in [0.25, 0.3) is 0 Å². The summed E-state index contributed by atoms with van der Waals surface area (Å²) < 4.78 is 0. The Labute approximate surface area is 83.8 Å². The molecule has 0 aliphatic heterocycles. The summed E-state index contributed by atoms with van der Waals surface area (Å²) in [5.41, 5.74) is 2.50. The zero-order chi connectivity index (χ0) is 9.52. The predicted octanol–water partition coefficient (Wildman–Crippen LogP) is 2.66. The molecular weight excluding hydrogens is 178 g/mol. The number of nitrogens with zero attached hydrogens (tertiary/aromatic N) is 1. The van der Waals surface area contributed by atoms with E-state index >= 15 is 0 Å². The number of thioether (sulfide) groups is 1. The predicted molar refractivity (Wildman–Crippen MR) is 57.8 cm³/mol. The van der Waals surface area contributed by atoms with Gasteiger partial charge in [0.05, 0.1) is 12.5 Å². The third-order valence-corrected chi connectivity index (χ3v) is 2.58. The van der Waals surface area contributed by atoms with Gasteiger partial charge in [-0.1, -0.05) is 24.3 Å². The number of rotatable bonds is 4. The molecule has 0 spiro atoms. The van der Waals surface area contributed by atoms with Crippen LogP contribution in [0.1, 0.15) is 11.1 Å². The molecule has 0 saturated carbocycles. The maximum Gasteiger partial charge on any atom is 0.0669 e. The maximum atomic E-state index is 8.61. The molecule has 1 rings (SSSR count). The lowest BCUT2D eigenvalue weighted by molar-refractivity contribution is 1.09. The first kappa shape index (κ1) is 10.1. The van der Waals surface area contributed by atoms with Gasteiger partial charge in [0, 0.05) is 0 Å². The van der Waals surface area contributed by atoms with Crippen LogP contribution in [-0.2, 0) is 12.8 Å². The van der Waals surface area contributed by atoms with E-state index in [1.807, 2.05) is 30.0 Å². The first-order valence-electron chi connectivity index (χ1n) is 4.31. The van der Waals surface area contributed by atoms with Crippen molar-refractivity contribution in [1.29, 1.82) is 5.26 Å². The molecule has 0 radical (unpaired) electrons. The van der Waals surface area contributed by atoms with E-state index < -0.39 is 0 Å². The van der Waals surface area contributed by atoms with Crippen molar-refractivity contribution in [2.45, 2.75) is 12.8 Å². The fraction of sp³-hybridized carbons (Fsp3) is 0.364. The molecule has 0 unspecified atom stereocenters. The van der Waals surface area contributed by atoms with Crippen LogP contribution in [0.25, 0.3) is 0 Å². The average molecular weight is 191 g/mol. The van der Waals surface area contributed by atoms with Crippen molar-refractivity contribution in [2.75, 3.05) is 12.0 Å². The van der Waals surface area contributed by atoms with E-state index in [0.29, 0.717) is 6.42 Å². The molecular formula is C11H13NS. The highest BCUT2D eigenvalue weighted by Crippen LogP contribution is 2.11. The number of aryl methyl sites for hydroxylation is 1. The molecule has 0 aromatic heterocycles. The summed E-state index contributed by atoms with van der Waals surface area (Å²) >= 11 is 1.84. The van der Waals surface area contributed by atoms with Crippen molar-refractivity contribution < 1.29 is 0 Å². The van der Waals surface area contributed by atoms with Crippen molar-refractivity contribution >= 4 is 11.8 Å². The average Bonchev–Trinajstić information content (AvgIpc) is 2.17. The lowest BCUT2D eigenvalue weighted by atomic mass is 10.0. The van der Waals surface area contributed by atoms with E-state index in [9.17, 15) is 0 Å². The van der Waals surface area contributed by atoms with Crippen molar-refractivity contribution in [3.05, 3.63) is 35.4 Å². The van der Waals surface area contributed by atoms with Crippen molar-refractivity contribution in [1.82, 2.24) is 0 Å². The van der Waals surface area contributed by atoms with Crippen LogP contribution < -0.4 is 0 Å². The number of hydrogen-bond donors (Lipinski definition) is 0. The summed E-state index contributed by atoms with van der Waals surface area (Å²) in [4.78, 5) is 0. The molecule has 0 aliphatic rings. The van der Waals surface area contributed by atoms with Crippen LogP contribution >= 0.6 is 11.8 Å². The van der Waals surface area contributed by atoms with E-state index in [0.717, 1.165) is 12.2 Å². The highest BCUT2D eigenvalue weighted by Gasteiger charge is 1.99. The molecule has 0 atom stereocenters. The van der Waals surface area contributed by atoms with E-state index in [1.165, 1.54) is 11.1 Å². The molecule has 0 bridgehead atoms. The summed E-state index contributed by atoms with van der Waals surface area (Å²) in [5.74, 6) is 1.13. The van der Waals surface area contributed by atoms with Crippen molar-refractivity contribution in [3.63, 3.8) is 0 Å². The monoisotopic (exact) mass is 191 g/mol. The molecule has 1 aromatic rings. The number of benzene rings is 1. The Morgan fingerprint density at radius 3 is 2.62 bits per heavy atom. The molecule has 0 saturated heterocycles. The molecule has 13 heavy (non-hydrogen) atoms. The topological polar surface area (TPSA) is 23.8 Å². The van der Waals surface area contributed by atoms with Crippen LogP contribution in [-0.4, -0.2) is 12.0 Å². The smallest absolute Gasteiger partial charge is 0.0669 e. The highest BCUT2D eigenvalue weighted by atomic mass is 32.2. The third kappa shape index (κ3) is 3.12. The minimum atomic E-state index is 0.532. The molecule has 2 heteroatoms. The van der Waals surface area contributed by atoms with Gasteiger partial charge in [-0.25, -0.2) is 0 Å². The zero-order valence-electron chi connectivity index (χ0n) is 7.79. The molecule has 0 fully saturated rings. The normalized spacial score (nSPS) is 9.54. The Hall–Kier alpha value is -0.940. The van der Waals surface area contributed by atoms with Crippen LogP contribution in [0.15, 0.2) is 24.3 Å². The zero-order valence-corrected chi connectivity index (χ0v) is 8.60. The van der Waals surface area contributed by atoms with E-state index in [1.54, 1.807) is 0 Å². The molecule has 68 valence electrons. The molecule has 0 N–H and O–H groups in total. The van der Waals surface area contributed by atoms with Crippen LogP contribution in [0, 0.1) is 11.3 Å². The molecule has 0 amide bonds. The summed E-state index contributed by atoms with van der Waals surface area (Å²) in [6, 6.07) is 10.4. The van der Waals surface area contributed by atoms with Gasteiger partial charge < -0.3 is 0 Å². The molecule has 1 nitrogen and oxygen atoms in total. The van der Waals surface area contributed by atoms with E-state index in [2.05, 4.69) is 18.4 Å². The second-order valence-electron chi connectivity index (χ2n) is 2.85. The Kier molecular flexibility index (Phi) is 4.42. The minimum Gasteiger partial charge on any atom is -0.198 e. The Balaban J connectivity index is 2.73. The van der Waals surface area contributed by atoms with Crippen LogP contribution in [0.2, 0.25) is 0 Å². The van der Waals surface area contributed by atoms with Gasteiger partial charge in [-0.3, -0.25) is 0 Å².